The monoisotopic (exact) mass is 273 g/mol. The summed E-state index contributed by atoms with van der Waals surface area (Å²) in [6, 6.07) is 8.38. The van der Waals surface area contributed by atoms with E-state index < -0.39 is 11.7 Å². The Hall–Kier alpha value is -1.82. The SMILES string of the molecule is FC(F)(F)c1cnc(Cl)nc1Nc1ccccc1. The summed E-state index contributed by atoms with van der Waals surface area (Å²) in [6.45, 7) is 0. The predicted octanol–water partition coefficient (Wildman–Crippen LogP) is 3.89. The second-order valence-electron chi connectivity index (χ2n) is 3.39. The molecular formula is C11H7ClF3N3. The Morgan fingerprint density at radius 2 is 1.78 bits per heavy atom. The number of benzene rings is 1. The number of para-hydroxylation sites is 1. The van der Waals surface area contributed by atoms with E-state index in [4.69, 9.17) is 11.6 Å². The summed E-state index contributed by atoms with van der Waals surface area (Å²) in [5.41, 5.74) is -0.478. The largest absolute Gasteiger partial charge is 0.421 e. The maximum Gasteiger partial charge on any atom is 0.421 e. The lowest BCUT2D eigenvalue weighted by Crippen LogP contribution is -2.11. The summed E-state index contributed by atoms with van der Waals surface area (Å²) < 4.78 is 38.2. The highest BCUT2D eigenvalue weighted by atomic mass is 35.5. The third-order valence-electron chi connectivity index (χ3n) is 2.10. The molecule has 0 radical (unpaired) electrons. The molecule has 1 N–H and O–H groups in total. The molecule has 0 amide bonds. The highest BCUT2D eigenvalue weighted by molar-refractivity contribution is 6.28. The van der Waals surface area contributed by atoms with Crippen LogP contribution in [0.4, 0.5) is 24.7 Å². The van der Waals surface area contributed by atoms with E-state index in [0.717, 1.165) is 0 Å². The molecule has 0 aliphatic carbocycles. The number of nitrogens with one attached hydrogen (secondary N) is 1. The molecule has 1 aromatic heterocycles. The molecule has 0 saturated heterocycles. The van der Waals surface area contributed by atoms with Gasteiger partial charge in [-0.2, -0.15) is 18.2 Å². The van der Waals surface area contributed by atoms with E-state index in [9.17, 15) is 13.2 Å². The van der Waals surface area contributed by atoms with Gasteiger partial charge in [0.15, 0.2) is 0 Å². The van der Waals surface area contributed by atoms with Crippen molar-refractivity contribution in [1.29, 1.82) is 0 Å². The van der Waals surface area contributed by atoms with Gasteiger partial charge in [0, 0.05) is 11.9 Å². The van der Waals surface area contributed by atoms with Crippen LogP contribution < -0.4 is 5.32 Å². The highest BCUT2D eigenvalue weighted by Gasteiger charge is 2.35. The van der Waals surface area contributed by atoms with Crippen molar-refractivity contribution in [1.82, 2.24) is 9.97 Å². The van der Waals surface area contributed by atoms with Gasteiger partial charge in [-0.15, -0.1) is 0 Å². The maximum absolute atomic E-state index is 12.7. The van der Waals surface area contributed by atoms with E-state index in [-0.39, 0.29) is 11.1 Å². The van der Waals surface area contributed by atoms with Crippen LogP contribution in [0, 0.1) is 0 Å². The number of alkyl halides is 3. The zero-order chi connectivity index (χ0) is 13.2. The molecule has 0 aliphatic heterocycles. The molecule has 0 saturated carbocycles. The van der Waals surface area contributed by atoms with Crippen molar-refractivity contribution in [2.45, 2.75) is 6.18 Å². The van der Waals surface area contributed by atoms with Crippen molar-refractivity contribution >= 4 is 23.1 Å². The molecule has 0 aliphatic rings. The summed E-state index contributed by atoms with van der Waals surface area (Å²) >= 11 is 5.50. The Morgan fingerprint density at radius 1 is 1.11 bits per heavy atom. The smallest absolute Gasteiger partial charge is 0.340 e. The summed E-state index contributed by atoms with van der Waals surface area (Å²) in [4.78, 5) is 6.90. The van der Waals surface area contributed by atoms with Gasteiger partial charge >= 0.3 is 6.18 Å². The average molecular weight is 274 g/mol. The van der Waals surface area contributed by atoms with E-state index in [1.54, 1.807) is 30.3 Å². The number of halogens is 4. The van der Waals surface area contributed by atoms with Crippen LogP contribution in [0.15, 0.2) is 36.5 Å². The van der Waals surface area contributed by atoms with Gasteiger partial charge < -0.3 is 5.32 Å². The molecular weight excluding hydrogens is 267 g/mol. The number of anilines is 2. The number of hydrogen-bond donors (Lipinski definition) is 1. The lowest BCUT2D eigenvalue weighted by molar-refractivity contribution is -0.137. The average Bonchev–Trinajstić information content (AvgIpc) is 2.28. The van der Waals surface area contributed by atoms with E-state index >= 15 is 0 Å². The number of aromatic nitrogens is 2. The molecule has 0 spiro atoms. The van der Waals surface area contributed by atoms with Crippen LogP contribution in [0.25, 0.3) is 0 Å². The van der Waals surface area contributed by atoms with Crippen molar-refractivity contribution in [3.63, 3.8) is 0 Å². The van der Waals surface area contributed by atoms with Gasteiger partial charge in [-0.3, -0.25) is 0 Å². The first-order valence-electron chi connectivity index (χ1n) is 4.88. The van der Waals surface area contributed by atoms with Crippen LogP contribution >= 0.6 is 11.6 Å². The van der Waals surface area contributed by atoms with Gasteiger partial charge in [-0.05, 0) is 23.7 Å². The Labute approximate surface area is 106 Å². The first kappa shape index (κ1) is 12.6. The Bertz CT molecular complexity index is 543. The van der Waals surface area contributed by atoms with E-state index in [1.165, 1.54) is 0 Å². The van der Waals surface area contributed by atoms with Crippen LogP contribution in [0.2, 0.25) is 5.28 Å². The second-order valence-corrected chi connectivity index (χ2v) is 3.73. The highest BCUT2D eigenvalue weighted by Crippen LogP contribution is 2.34. The third-order valence-corrected chi connectivity index (χ3v) is 2.28. The molecule has 1 heterocycles. The normalized spacial score (nSPS) is 11.3. The van der Waals surface area contributed by atoms with Gasteiger partial charge in [0.2, 0.25) is 5.28 Å². The minimum Gasteiger partial charge on any atom is -0.340 e. The quantitative estimate of drug-likeness (QED) is 0.844. The molecule has 94 valence electrons. The molecule has 0 bridgehead atoms. The minimum absolute atomic E-state index is 0.249. The minimum atomic E-state index is -4.54. The lowest BCUT2D eigenvalue weighted by atomic mass is 10.2. The van der Waals surface area contributed by atoms with Gasteiger partial charge in [0.05, 0.1) is 0 Å². The lowest BCUT2D eigenvalue weighted by Gasteiger charge is -2.12. The predicted molar refractivity (Wildman–Crippen MR) is 61.8 cm³/mol. The zero-order valence-electron chi connectivity index (χ0n) is 8.87. The second kappa shape index (κ2) is 4.81. The van der Waals surface area contributed by atoms with E-state index in [1.807, 2.05) is 0 Å². The van der Waals surface area contributed by atoms with Crippen molar-refractivity contribution in [2.24, 2.45) is 0 Å². The van der Waals surface area contributed by atoms with E-state index in [0.29, 0.717) is 11.9 Å². The van der Waals surface area contributed by atoms with Gasteiger partial charge in [0.25, 0.3) is 0 Å². The molecule has 18 heavy (non-hydrogen) atoms. The van der Waals surface area contributed by atoms with Crippen molar-refractivity contribution in [3.8, 4) is 0 Å². The molecule has 7 heteroatoms. The van der Waals surface area contributed by atoms with Crippen molar-refractivity contribution in [3.05, 3.63) is 47.4 Å². The van der Waals surface area contributed by atoms with Crippen LogP contribution in [0.1, 0.15) is 5.56 Å². The number of nitrogens with zero attached hydrogens (tertiary/aromatic N) is 2. The first-order chi connectivity index (χ1) is 8.47. The van der Waals surface area contributed by atoms with Crippen LogP contribution in [0.3, 0.4) is 0 Å². The zero-order valence-corrected chi connectivity index (χ0v) is 9.63. The Morgan fingerprint density at radius 3 is 2.39 bits per heavy atom. The Kier molecular flexibility index (Phi) is 3.38. The van der Waals surface area contributed by atoms with Gasteiger partial charge in [-0.1, -0.05) is 18.2 Å². The third kappa shape index (κ3) is 2.89. The molecule has 2 aromatic rings. The number of hydrogen-bond acceptors (Lipinski definition) is 3. The fraction of sp³-hybridized carbons (Fsp3) is 0.0909. The maximum atomic E-state index is 12.7. The molecule has 2 rings (SSSR count). The van der Waals surface area contributed by atoms with E-state index in [2.05, 4.69) is 15.3 Å². The molecule has 0 atom stereocenters. The molecule has 0 unspecified atom stereocenters. The fourth-order valence-corrected chi connectivity index (χ4v) is 1.45. The Balaban J connectivity index is 2.40. The van der Waals surface area contributed by atoms with Crippen molar-refractivity contribution in [2.75, 3.05) is 5.32 Å². The standard InChI is InChI=1S/C11H7ClF3N3/c12-10-16-6-8(11(13,14)15)9(18-10)17-7-4-2-1-3-5-7/h1-6H,(H,16,17,18). The molecule has 0 fully saturated rings. The fourth-order valence-electron chi connectivity index (χ4n) is 1.32. The van der Waals surface area contributed by atoms with Gasteiger partial charge in [0.1, 0.15) is 11.4 Å². The van der Waals surface area contributed by atoms with Crippen LogP contribution in [-0.2, 0) is 6.18 Å². The summed E-state index contributed by atoms with van der Waals surface area (Å²) in [6.07, 6.45) is -3.89. The summed E-state index contributed by atoms with van der Waals surface area (Å²) in [5.74, 6) is -0.367. The first-order valence-corrected chi connectivity index (χ1v) is 5.26. The van der Waals surface area contributed by atoms with Crippen LogP contribution in [-0.4, -0.2) is 9.97 Å². The molecule has 1 aromatic carbocycles. The topological polar surface area (TPSA) is 37.8 Å². The van der Waals surface area contributed by atoms with Crippen molar-refractivity contribution < 1.29 is 13.2 Å². The summed E-state index contributed by atoms with van der Waals surface area (Å²) in [7, 11) is 0. The number of rotatable bonds is 2. The van der Waals surface area contributed by atoms with Gasteiger partial charge in [-0.25, -0.2) is 4.98 Å². The molecule has 3 nitrogen and oxygen atoms in total. The van der Waals surface area contributed by atoms with Crippen LogP contribution in [0.5, 0.6) is 0 Å². The summed E-state index contributed by atoms with van der Waals surface area (Å²) in [5, 5.41) is 2.32.